The lowest BCUT2D eigenvalue weighted by Gasteiger charge is -2.41. The van der Waals surface area contributed by atoms with E-state index in [1.807, 2.05) is 20.0 Å². The number of aliphatic imine (C=N–C) groups is 1. The van der Waals surface area contributed by atoms with E-state index < -0.39 is 0 Å². The summed E-state index contributed by atoms with van der Waals surface area (Å²) in [5.74, 6) is 2.10. The Labute approximate surface area is 218 Å². The summed E-state index contributed by atoms with van der Waals surface area (Å²) < 4.78 is 5.98. The Balaban J connectivity index is 1.98. The van der Waals surface area contributed by atoms with Crippen LogP contribution in [0.15, 0.2) is 29.2 Å². The molecule has 1 unspecified atom stereocenters. The average Bonchev–Trinajstić information content (AvgIpc) is 2.82. The summed E-state index contributed by atoms with van der Waals surface area (Å²) in [7, 11) is 5.25. The lowest BCUT2D eigenvalue weighted by atomic mass is 9.84. The van der Waals surface area contributed by atoms with Crippen LogP contribution in [-0.2, 0) is 4.79 Å². The summed E-state index contributed by atoms with van der Waals surface area (Å²) in [5, 5.41) is 0.651. The minimum Gasteiger partial charge on any atom is -0.496 e. The second kappa shape index (κ2) is 11.2. The van der Waals surface area contributed by atoms with Gasteiger partial charge in [-0.05, 0) is 31.4 Å². The number of amides is 1. The van der Waals surface area contributed by atoms with Gasteiger partial charge in [-0.3, -0.25) is 9.79 Å². The van der Waals surface area contributed by atoms with Gasteiger partial charge < -0.3 is 26.0 Å². The van der Waals surface area contributed by atoms with Crippen LogP contribution in [0, 0.1) is 6.92 Å². The number of carbonyl (C=O) groups is 1. The van der Waals surface area contributed by atoms with Crippen molar-refractivity contribution in [2.24, 2.45) is 10.7 Å². The maximum atomic E-state index is 12.8. The first-order valence-electron chi connectivity index (χ1n) is 11.9. The zero-order valence-electron chi connectivity index (χ0n) is 22.0. The minimum absolute atomic E-state index is 0.0809. The molecular formula is C26H36ClN7O2. The van der Waals surface area contributed by atoms with E-state index in [0.717, 1.165) is 33.8 Å². The van der Waals surface area contributed by atoms with Gasteiger partial charge in [0.25, 0.3) is 5.91 Å². The molecule has 0 aliphatic carbocycles. The highest BCUT2D eigenvalue weighted by Gasteiger charge is 2.37. The molecule has 1 aromatic carbocycles. The first-order valence-corrected chi connectivity index (χ1v) is 12.3. The summed E-state index contributed by atoms with van der Waals surface area (Å²) in [4.78, 5) is 29.2. The van der Waals surface area contributed by atoms with Gasteiger partial charge in [0.15, 0.2) is 0 Å². The van der Waals surface area contributed by atoms with Crippen molar-refractivity contribution in [1.82, 2.24) is 14.9 Å². The number of rotatable bonds is 8. The molecule has 0 saturated carbocycles. The van der Waals surface area contributed by atoms with Crippen LogP contribution in [0.2, 0.25) is 5.02 Å². The van der Waals surface area contributed by atoms with Crippen LogP contribution in [0.25, 0.3) is 0 Å². The molecule has 1 aromatic heterocycles. The monoisotopic (exact) mass is 513 g/mol. The van der Waals surface area contributed by atoms with Gasteiger partial charge in [-0.15, -0.1) is 0 Å². The van der Waals surface area contributed by atoms with Crippen molar-refractivity contribution < 1.29 is 9.53 Å². The second-order valence-corrected chi connectivity index (χ2v) is 9.78. The molecule has 1 aliphatic rings. The number of anilines is 2. The van der Waals surface area contributed by atoms with E-state index in [-0.39, 0.29) is 23.8 Å². The Hall–Kier alpha value is -3.33. The highest BCUT2D eigenvalue weighted by atomic mass is 35.5. The molecule has 3 rings (SSSR count). The number of likely N-dealkylation sites (tertiary alicyclic amines) is 1. The zero-order valence-corrected chi connectivity index (χ0v) is 22.8. The van der Waals surface area contributed by atoms with Crippen molar-refractivity contribution in [3.05, 3.63) is 51.4 Å². The molecule has 1 amide bonds. The van der Waals surface area contributed by atoms with E-state index in [0.29, 0.717) is 29.5 Å². The lowest BCUT2D eigenvalue weighted by Crippen LogP contribution is -2.49. The Bertz CT molecular complexity index is 1190. The fourth-order valence-corrected chi connectivity index (χ4v) is 4.96. The molecule has 4 N–H and O–H groups in total. The van der Waals surface area contributed by atoms with Crippen molar-refractivity contribution in [1.29, 1.82) is 0 Å². The second-order valence-electron chi connectivity index (χ2n) is 9.37. The quantitative estimate of drug-likeness (QED) is 0.406. The van der Waals surface area contributed by atoms with Gasteiger partial charge in [-0.1, -0.05) is 25.4 Å². The molecule has 0 bridgehead atoms. The summed E-state index contributed by atoms with van der Waals surface area (Å²) in [6, 6.07) is 1.82. The largest absolute Gasteiger partial charge is 0.496 e. The predicted octanol–water partition coefficient (Wildman–Crippen LogP) is 3.82. The van der Waals surface area contributed by atoms with Crippen LogP contribution in [0.3, 0.4) is 0 Å². The number of nitrogen functional groups attached to an aromatic ring is 1. The third kappa shape index (κ3) is 4.97. The standard InChI is InChI=1S/C26H36ClN7O2/c1-14(2)21-24(29)31-13-32-25(21)33(6)16(4)19-8-20(27)15(3)22(23(19)36-7)18-11-34(12-18)26(35)17(9-28)10-30-5/h8-10,13-14,16,18H,11-12,28H2,1-7H3,(H2,29,31,32). The summed E-state index contributed by atoms with van der Waals surface area (Å²) in [6.45, 7) is 9.28. The predicted molar refractivity (Wildman–Crippen MR) is 146 cm³/mol. The summed E-state index contributed by atoms with van der Waals surface area (Å²) in [5.41, 5.74) is 16.0. The molecule has 10 heteroatoms. The van der Waals surface area contributed by atoms with Gasteiger partial charge >= 0.3 is 0 Å². The van der Waals surface area contributed by atoms with Gasteiger partial charge in [0.05, 0.1) is 18.7 Å². The van der Waals surface area contributed by atoms with Crippen molar-refractivity contribution in [2.45, 2.75) is 45.6 Å². The van der Waals surface area contributed by atoms with E-state index in [9.17, 15) is 4.79 Å². The van der Waals surface area contributed by atoms with Crippen LogP contribution in [-0.4, -0.2) is 61.3 Å². The number of carbonyl (C=O) groups excluding carboxylic acids is 1. The normalized spacial score (nSPS) is 15.4. The first-order chi connectivity index (χ1) is 17.1. The Morgan fingerprint density at radius 2 is 2.00 bits per heavy atom. The SMILES string of the molecule is CN=CC(=CN)C(=O)N1CC(c2c(C)c(Cl)cc(C(C)N(C)c3ncnc(N)c3C(C)C)c2OC)C1. The number of benzene rings is 1. The highest BCUT2D eigenvalue weighted by molar-refractivity contribution is 6.31. The Kier molecular flexibility index (Phi) is 8.45. The number of hydrogen-bond acceptors (Lipinski definition) is 8. The Morgan fingerprint density at radius 1 is 1.33 bits per heavy atom. The molecule has 2 heterocycles. The molecule has 194 valence electrons. The Morgan fingerprint density at radius 3 is 2.56 bits per heavy atom. The van der Waals surface area contributed by atoms with Crippen LogP contribution >= 0.6 is 11.6 Å². The molecular weight excluding hydrogens is 478 g/mol. The molecule has 1 saturated heterocycles. The highest BCUT2D eigenvalue weighted by Crippen LogP contribution is 2.45. The van der Waals surface area contributed by atoms with E-state index in [2.05, 4.69) is 40.6 Å². The van der Waals surface area contributed by atoms with E-state index in [1.54, 1.807) is 19.1 Å². The summed E-state index contributed by atoms with van der Waals surface area (Å²) in [6.07, 6.45) is 4.24. The van der Waals surface area contributed by atoms with E-state index in [1.165, 1.54) is 18.7 Å². The fourth-order valence-electron chi connectivity index (χ4n) is 4.74. The van der Waals surface area contributed by atoms with Crippen molar-refractivity contribution in [3.63, 3.8) is 0 Å². The van der Waals surface area contributed by atoms with Crippen molar-refractivity contribution in [3.8, 4) is 5.75 Å². The van der Waals surface area contributed by atoms with Crippen LogP contribution < -0.4 is 21.1 Å². The first kappa shape index (κ1) is 27.3. The molecule has 1 aliphatic heterocycles. The maximum Gasteiger partial charge on any atom is 0.256 e. The molecule has 0 spiro atoms. The van der Waals surface area contributed by atoms with E-state index >= 15 is 0 Å². The van der Waals surface area contributed by atoms with Gasteiger partial charge in [0.1, 0.15) is 23.7 Å². The van der Waals surface area contributed by atoms with Crippen LogP contribution in [0.5, 0.6) is 5.75 Å². The number of nitrogens with two attached hydrogens (primary N) is 2. The molecule has 1 atom stereocenters. The van der Waals surface area contributed by atoms with Gasteiger partial charge in [-0.25, -0.2) is 9.97 Å². The zero-order chi connectivity index (χ0) is 26.7. The maximum absolute atomic E-state index is 12.8. The van der Waals surface area contributed by atoms with Crippen molar-refractivity contribution >= 4 is 35.4 Å². The number of nitrogens with zero attached hydrogens (tertiary/aromatic N) is 5. The van der Waals surface area contributed by atoms with Gasteiger partial charge in [-0.2, -0.15) is 0 Å². The third-order valence-corrected chi connectivity index (χ3v) is 7.26. The van der Waals surface area contributed by atoms with E-state index in [4.69, 9.17) is 27.8 Å². The minimum atomic E-state index is -0.145. The van der Waals surface area contributed by atoms with Crippen LogP contribution in [0.4, 0.5) is 11.6 Å². The van der Waals surface area contributed by atoms with Crippen molar-refractivity contribution in [2.75, 3.05) is 44.9 Å². The third-order valence-electron chi connectivity index (χ3n) is 6.86. The molecule has 2 aromatic rings. The topological polar surface area (TPSA) is 123 Å². The smallest absolute Gasteiger partial charge is 0.256 e. The number of aromatic nitrogens is 2. The van der Waals surface area contributed by atoms with Crippen LogP contribution in [0.1, 0.15) is 60.9 Å². The number of ether oxygens (including phenoxy) is 1. The number of methoxy groups -OCH3 is 1. The fraction of sp³-hybridized carbons (Fsp3) is 0.462. The molecule has 1 fully saturated rings. The lowest BCUT2D eigenvalue weighted by molar-refractivity contribution is -0.130. The van der Waals surface area contributed by atoms with Gasteiger partial charge in [0.2, 0.25) is 0 Å². The van der Waals surface area contributed by atoms with Gasteiger partial charge in [0, 0.05) is 67.2 Å². The molecule has 0 radical (unpaired) electrons. The number of halogens is 1. The summed E-state index contributed by atoms with van der Waals surface area (Å²) >= 11 is 6.74. The molecule has 36 heavy (non-hydrogen) atoms. The number of hydrogen-bond donors (Lipinski definition) is 2. The average molecular weight is 514 g/mol. The molecule has 9 nitrogen and oxygen atoms in total.